The molecular weight excluding hydrogens is 260 g/mol. The SMILES string of the molecule is COc1cccc(-c2cc(CCC(=O)O)c(=O)[nH]n2)c1. The van der Waals surface area contributed by atoms with E-state index >= 15 is 0 Å². The molecule has 0 fully saturated rings. The molecule has 1 aromatic heterocycles. The van der Waals surface area contributed by atoms with E-state index in [-0.39, 0.29) is 18.4 Å². The number of benzene rings is 1. The topological polar surface area (TPSA) is 92.3 Å². The number of rotatable bonds is 5. The lowest BCUT2D eigenvalue weighted by Gasteiger charge is -2.05. The van der Waals surface area contributed by atoms with Crippen molar-refractivity contribution < 1.29 is 14.6 Å². The predicted molar refractivity (Wildman–Crippen MR) is 72.8 cm³/mol. The summed E-state index contributed by atoms with van der Waals surface area (Å²) in [7, 11) is 1.57. The van der Waals surface area contributed by atoms with Crippen molar-refractivity contribution >= 4 is 5.97 Å². The third-order valence-corrected chi connectivity index (χ3v) is 2.85. The van der Waals surface area contributed by atoms with Crippen molar-refractivity contribution in [2.75, 3.05) is 7.11 Å². The zero-order valence-electron chi connectivity index (χ0n) is 10.9. The maximum Gasteiger partial charge on any atom is 0.303 e. The average Bonchev–Trinajstić information content (AvgIpc) is 2.46. The minimum Gasteiger partial charge on any atom is -0.497 e. The lowest BCUT2D eigenvalue weighted by molar-refractivity contribution is -0.136. The van der Waals surface area contributed by atoms with Gasteiger partial charge < -0.3 is 9.84 Å². The first-order valence-corrected chi connectivity index (χ1v) is 6.05. The van der Waals surface area contributed by atoms with E-state index in [1.807, 2.05) is 12.1 Å². The standard InChI is InChI=1S/C14H14N2O4/c1-20-11-4-2-3-9(7-11)12-8-10(5-6-13(17)18)14(19)16-15-12/h2-4,7-8H,5-6H2,1H3,(H,16,19)(H,17,18). The van der Waals surface area contributed by atoms with Gasteiger partial charge in [0.15, 0.2) is 0 Å². The molecule has 0 saturated heterocycles. The number of aromatic nitrogens is 2. The van der Waals surface area contributed by atoms with E-state index < -0.39 is 5.97 Å². The number of ether oxygens (including phenoxy) is 1. The predicted octanol–water partition coefficient (Wildman–Crippen LogP) is 1.46. The number of nitrogens with one attached hydrogen (secondary N) is 1. The summed E-state index contributed by atoms with van der Waals surface area (Å²) in [5.41, 5.74) is 1.40. The number of H-pyrrole nitrogens is 1. The van der Waals surface area contributed by atoms with Crippen LogP contribution in [0.3, 0.4) is 0 Å². The number of nitrogens with zero attached hydrogens (tertiary/aromatic N) is 1. The molecule has 0 spiro atoms. The highest BCUT2D eigenvalue weighted by molar-refractivity contribution is 5.67. The molecule has 0 unspecified atom stereocenters. The second kappa shape index (κ2) is 6.01. The first-order valence-electron chi connectivity index (χ1n) is 6.05. The Labute approximate surface area is 115 Å². The van der Waals surface area contributed by atoms with Gasteiger partial charge in [-0.15, -0.1) is 0 Å². The highest BCUT2D eigenvalue weighted by Gasteiger charge is 2.08. The van der Waals surface area contributed by atoms with Crippen molar-refractivity contribution in [3.05, 3.63) is 46.2 Å². The maximum absolute atomic E-state index is 11.6. The zero-order valence-corrected chi connectivity index (χ0v) is 10.9. The Morgan fingerprint density at radius 1 is 1.40 bits per heavy atom. The van der Waals surface area contributed by atoms with Gasteiger partial charge in [-0.2, -0.15) is 5.10 Å². The number of hydrogen-bond donors (Lipinski definition) is 2. The number of carboxylic acids is 1. The summed E-state index contributed by atoms with van der Waals surface area (Å²) in [5.74, 6) is -0.258. The summed E-state index contributed by atoms with van der Waals surface area (Å²) < 4.78 is 5.13. The van der Waals surface area contributed by atoms with Crippen LogP contribution in [0.15, 0.2) is 35.1 Å². The Kier molecular flexibility index (Phi) is 4.14. The monoisotopic (exact) mass is 274 g/mol. The van der Waals surface area contributed by atoms with E-state index in [2.05, 4.69) is 10.2 Å². The van der Waals surface area contributed by atoms with Crippen LogP contribution in [0.5, 0.6) is 5.75 Å². The fourth-order valence-electron chi connectivity index (χ4n) is 1.80. The van der Waals surface area contributed by atoms with E-state index in [0.717, 1.165) is 5.56 Å². The Hall–Kier alpha value is -2.63. The molecule has 20 heavy (non-hydrogen) atoms. The van der Waals surface area contributed by atoms with Crippen LogP contribution < -0.4 is 10.3 Å². The molecule has 104 valence electrons. The van der Waals surface area contributed by atoms with Crippen molar-refractivity contribution in [2.24, 2.45) is 0 Å². The smallest absolute Gasteiger partial charge is 0.303 e. The number of aliphatic carboxylic acids is 1. The fourth-order valence-corrected chi connectivity index (χ4v) is 1.80. The first-order chi connectivity index (χ1) is 9.60. The van der Waals surface area contributed by atoms with Gasteiger partial charge in [-0.3, -0.25) is 9.59 Å². The summed E-state index contributed by atoms with van der Waals surface area (Å²) in [6.07, 6.45) is 0.0782. The Morgan fingerprint density at radius 3 is 2.90 bits per heavy atom. The fraction of sp³-hybridized carbons (Fsp3) is 0.214. The van der Waals surface area contributed by atoms with Crippen molar-refractivity contribution in [1.82, 2.24) is 10.2 Å². The van der Waals surface area contributed by atoms with Crippen LogP contribution in [0.1, 0.15) is 12.0 Å². The number of carbonyl (C=O) groups is 1. The van der Waals surface area contributed by atoms with E-state index in [4.69, 9.17) is 9.84 Å². The molecule has 0 aliphatic heterocycles. The van der Waals surface area contributed by atoms with E-state index in [9.17, 15) is 9.59 Å². The summed E-state index contributed by atoms with van der Waals surface area (Å²) in [6, 6.07) is 8.86. The molecule has 2 N–H and O–H groups in total. The van der Waals surface area contributed by atoms with Crippen LogP contribution in [0, 0.1) is 0 Å². The summed E-state index contributed by atoms with van der Waals surface area (Å²) in [5, 5.41) is 15.0. The van der Waals surface area contributed by atoms with Crippen molar-refractivity contribution in [2.45, 2.75) is 12.8 Å². The first kappa shape index (κ1) is 13.8. The number of hydrogen-bond acceptors (Lipinski definition) is 4. The van der Waals surface area contributed by atoms with Crippen LogP contribution >= 0.6 is 0 Å². The van der Waals surface area contributed by atoms with Gasteiger partial charge in [0.2, 0.25) is 0 Å². The van der Waals surface area contributed by atoms with Gasteiger partial charge in [0.1, 0.15) is 5.75 Å². The zero-order chi connectivity index (χ0) is 14.5. The quantitative estimate of drug-likeness (QED) is 0.861. The summed E-state index contributed by atoms with van der Waals surface area (Å²) in [6.45, 7) is 0. The molecule has 0 saturated carbocycles. The molecule has 6 nitrogen and oxygen atoms in total. The minimum atomic E-state index is -0.941. The number of methoxy groups -OCH3 is 1. The lowest BCUT2D eigenvalue weighted by Crippen LogP contribution is -2.15. The number of carboxylic acid groups (broad SMARTS) is 1. The molecule has 1 aromatic carbocycles. The molecule has 1 heterocycles. The molecule has 2 rings (SSSR count). The molecule has 2 aromatic rings. The lowest BCUT2D eigenvalue weighted by atomic mass is 10.1. The van der Waals surface area contributed by atoms with Crippen molar-refractivity contribution in [3.63, 3.8) is 0 Å². The Balaban J connectivity index is 2.34. The second-order valence-electron chi connectivity index (χ2n) is 4.23. The molecule has 0 bridgehead atoms. The van der Waals surface area contributed by atoms with Gasteiger partial charge >= 0.3 is 5.97 Å². The van der Waals surface area contributed by atoms with Gasteiger partial charge in [0.05, 0.1) is 12.8 Å². The van der Waals surface area contributed by atoms with Gasteiger partial charge in [0.25, 0.3) is 5.56 Å². The van der Waals surface area contributed by atoms with Crippen molar-refractivity contribution in [3.8, 4) is 17.0 Å². The Bertz CT molecular complexity index is 679. The van der Waals surface area contributed by atoms with E-state index in [1.54, 1.807) is 25.3 Å². The van der Waals surface area contributed by atoms with Gasteiger partial charge in [-0.25, -0.2) is 5.10 Å². The van der Waals surface area contributed by atoms with E-state index in [1.165, 1.54) is 0 Å². The average molecular weight is 274 g/mol. The van der Waals surface area contributed by atoms with Crippen molar-refractivity contribution in [1.29, 1.82) is 0 Å². The molecule has 6 heteroatoms. The molecule has 0 aliphatic carbocycles. The third kappa shape index (κ3) is 3.23. The van der Waals surface area contributed by atoms with Crippen LogP contribution in [0.2, 0.25) is 0 Å². The van der Waals surface area contributed by atoms with Gasteiger partial charge in [-0.1, -0.05) is 12.1 Å². The molecule has 0 amide bonds. The molecule has 0 atom stereocenters. The highest BCUT2D eigenvalue weighted by atomic mass is 16.5. The summed E-state index contributed by atoms with van der Waals surface area (Å²) in [4.78, 5) is 22.2. The largest absolute Gasteiger partial charge is 0.497 e. The molecule has 0 aliphatic rings. The summed E-state index contributed by atoms with van der Waals surface area (Å²) >= 11 is 0. The van der Waals surface area contributed by atoms with Crippen LogP contribution in [-0.2, 0) is 11.2 Å². The Morgan fingerprint density at radius 2 is 2.20 bits per heavy atom. The number of aromatic amines is 1. The van der Waals surface area contributed by atoms with Crippen LogP contribution in [0.4, 0.5) is 0 Å². The van der Waals surface area contributed by atoms with Gasteiger partial charge in [-0.05, 0) is 24.6 Å². The molecular formula is C14H14N2O4. The molecule has 0 radical (unpaired) electrons. The van der Waals surface area contributed by atoms with E-state index in [0.29, 0.717) is 17.0 Å². The van der Waals surface area contributed by atoms with Gasteiger partial charge in [0, 0.05) is 17.5 Å². The van der Waals surface area contributed by atoms with Crippen LogP contribution in [-0.4, -0.2) is 28.4 Å². The maximum atomic E-state index is 11.6. The third-order valence-electron chi connectivity index (χ3n) is 2.85. The number of aryl methyl sites for hydroxylation is 1. The normalized spacial score (nSPS) is 10.2. The van der Waals surface area contributed by atoms with Crippen LogP contribution in [0.25, 0.3) is 11.3 Å². The minimum absolute atomic E-state index is 0.0926. The second-order valence-corrected chi connectivity index (χ2v) is 4.23. The highest BCUT2D eigenvalue weighted by Crippen LogP contribution is 2.21.